The molecule has 3 nitrogen and oxygen atoms in total. The average molecular weight is 107 g/mol. The van der Waals surface area contributed by atoms with E-state index in [2.05, 4.69) is 5.73 Å². The Bertz CT molecular complexity index is 77.5. The van der Waals surface area contributed by atoms with Crippen LogP contribution >= 0.6 is 11.6 Å². The monoisotopic (exact) mass is 106 g/mol. The molecule has 0 saturated carbocycles. The highest BCUT2D eigenvalue weighted by molar-refractivity contribution is 6.81. The first-order valence-electron chi connectivity index (χ1n) is 1.18. The fourth-order valence-electron chi connectivity index (χ4n) is 0. The number of nitrogens with two attached hydrogens (primary N) is 1. The van der Waals surface area contributed by atoms with Gasteiger partial charge >= 0.3 is 0 Å². The quantitative estimate of drug-likeness (QED) is 0.443. The molecule has 0 bridgehead atoms. The third kappa shape index (κ3) is 1.72. The van der Waals surface area contributed by atoms with E-state index in [1.54, 1.807) is 0 Å². The van der Waals surface area contributed by atoms with Crippen LogP contribution in [0.1, 0.15) is 0 Å². The number of carbonyl (C=O) groups is 1. The Kier molecular flexibility index (Phi) is 1.60. The molecule has 0 aliphatic rings. The lowest BCUT2D eigenvalue weighted by Crippen LogP contribution is -2.16. The van der Waals surface area contributed by atoms with Crippen LogP contribution in [0.3, 0.4) is 0 Å². The third-order valence-electron chi connectivity index (χ3n) is 0.216. The summed E-state index contributed by atoms with van der Waals surface area (Å²) in [5, 5.41) is 5.61. The Morgan fingerprint density at radius 2 is 2.00 bits per heavy atom. The molecular formula is C2H3ClN2O. The molecule has 0 aromatic rings. The van der Waals surface area contributed by atoms with Gasteiger partial charge in [-0.05, 0) is 0 Å². The van der Waals surface area contributed by atoms with E-state index in [1.165, 1.54) is 0 Å². The normalized spacial score (nSPS) is 7.50. The SMILES string of the molecule is N=C(Cl)C(N)=O. The molecule has 0 rings (SSSR count). The van der Waals surface area contributed by atoms with Crippen LogP contribution in [0.2, 0.25) is 0 Å². The zero-order valence-corrected chi connectivity index (χ0v) is 3.62. The van der Waals surface area contributed by atoms with E-state index in [1.807, 2.05) is 0 Å². The molecule has 0 atom stereocenters. The Morgan fingerprint density at radius 1 is 1.83 bits per heavy atom. The summed E-state index contributed by atoms with van der Waals surface area (Å²) in [5.74, 6) is -0.892. The molecule has 0 unspecified atom stereocenters. The number of hydrogen-bond donors (Lipinski definition) is 2. The number of amides is 1. The van der Waals surface area contributed by atoms with Crippen molar-refractivity contribution in [2.45, 2.75) is 0 Å². The number of primary amides is 1. The van der Waals surface area contributed by atoms with Gasteiger partial charge in [-0.1, -0.05) is 11.6 Å². The van der Waals surface area contributed by atoms with E-state index in [0.717, 1.165) is 0 Å². The first-order valence-corrected chi connectivity index (χ1v) is 1.56. The Morgan fingerprint density at radius 3 is 2.00 bits per heavy atom. The highest BCUT2D eigenvalue weighted by Gasteiger charge is 1.93. The zero-order chi connectivity index (χ0) is 5.15. The van der Waals surface area contributed by atoms with Crippen molar-refractivity contribution in [1.29, 1.82) is 5.41 Å². The zero-order valence-electron chi connectivity index (χ0n) is 2.86. The van der Waals surface area contributed by atoms with Crippen LogP contribution in [0.4, 0.5) is 0 Å². The lowest BCUT2D eigenvalue weighted by molar-refractivity contribution is -0.111. The van der Waals surface area contributed by atoms with E-state index in [-0.39, 0.29) is 0 Å². The van der Waals surface area contributed by atoms with Crippen LogP contribution in [0.25, 0.3) is 0 Å². The first kappa shape index (κ1) is 5.43. The maximum atomic E-state index is 9.56. The smallest absolute Gasteiger partial charge is 0.278 e. The number of carbonyl (C=O) groups excluding carboxylic acids is 1. The second-order valence-corrected chi connectivity index (χ2v) is 1.06. The summed E-state index contributed by atoms with van der Waals surface area (Å²) in [6, 6.07) is 0. The molecule has 34 valence electrons. The molecule has 0 radical (unpaired) electrons. The van der Waals surface area contributed by atoms with Crippen LogP contribution in [0, 0.1) is 5.41 Å². The highest BCUT2D eigenvalue weighted by Crippen LogP contribution is 1.73. The predicted octanol–water partition coefficient (Wildman–Crippen LogP) is -0.312. The summed E-state index contributed by atoms with van der Waals surface area (Å²) in [5.41, 5.74) is 4.44. The van der Waals surface area contributed by atoms with Crippen LogP contribution in [0.15, 0.2) is 0 Å². The van der Waals surface area contributed by atoms with Gasteiger partial charge in [-0.25, -0.2) is 0 Å². The van der Waals surface area contributed by atoms with E-state index < -0.39 is 11.1 Å². The molecule has 1 amide bonds. The van der Waals surface area contributed by atoms with Gasteiger partial charge in [0.15, 0.2) is 5.17 Å². The minimum atomic E-state index is -0.892. The van der Waals surface area contributed by atoms with E-state index in [4.69, 9.17) is 17.0 Å². The number of rotatable bonds is 1. The van der Waals surface area contributed by atoms with Gasteiger partial charge < -0.3 is 5.73 Å². The molecule has 6 heavy (non-hydrogen) atoms. The van der Waals surface area contributed by atoms with Crippen molar-refractivity contribution >= 4 is 22.7 Å². The molecule has 0 saturated heterocycles. The van der Waals surface area contributed by atoms with Crippen molar-refractivity contribution in [3.05, 3.63) is 0 Å². The van der Waals surface area contributed by atoms with Crippen LogP contribution < -0.4 is 5.73 Å². The van der Waals surface area contributed by atoms with Crippen LogP contribution in [-0.2, 0) is 4.79 Å². The molecule has 0 fully saturated rings. The summed E-state index contributed by atoms with van der Waals surface area (Å²) in [6.45, 7) is 0. The van der Waals surface area contributed by atoms with Gasteiger partial charge in [0.05, 0.1) is 0 Å². The lowest BCUT2D eigenvalue weighted by Gasteiger charge is -1.76. The van der Waals surface area contributed by atoms with Crippen molar-refractivity contribution in [3.63, 3.8) is 0 Å². The summed E-state index contributed by atoms with van der Waals surface area (Å²) in [4.78, 5) is 9.56. The average Bonchev–Trinajstić information content (AvgIpc) is 1.36. The summed E-state index contributed by atoms with van der Waals surface area (Å²) < 4.78 is 0. The maximum absolute atomic E-state index is 9.56. The molecule has 3 N–H and O–H groups in total. The number of nitrogens with one attached hydrogen (secondary N) is 1. The van der Waals surface area contributed by atoms with E-state index in [0.29, 0.717) is 0 Å². The molecular weight excluding hydrogens is 103 g/mol. The predicted molar refractivity (Wildman–Crippen MR) is 22.8 cm³/mol. The second kappa shape index (κ2) is 1.77. The molecule has 0 spiro atoms. The highest BCUT2D eigenvalue weighted by atomic mass is 35.5. The third-order valence-corrected chi connectivity index (χ3v) is 0.403. The summed E-state index contributed by atoms with van der Waals surface area (Å²) in [6.07, 6.45) is 0. The Labute approximate surface area is 39.6 Å². The standard InChI is InChI=1S/C2H3ClN2O/c3-1(4)2(5)6/h4H,(H2,5,6). The van der Waals surface area contributed by atoms with Gasteiger partial charge in [0.1, 0.15) is 0 Å². The molecule has 0 aromatic carbocycles. The van der Waals surface area contributed by atoms with Crippen molar-refractivity contribution < 1.29 is 4.79 Å². The summed E-state index contributed by atoms with van der Waals surface area (Å²) >= 11 is 4.72. The van der Waals surface area contributed by atoms with E-state index >= 15 is 0 Å². The fraction of sp³-hybridized carbons (Fsp3) is 0. The number of hydrogen-bond acceptors (Lipinski definition) is 2. The lowest BCUT2D eigenvalue weighted by atomic mass is 10.7. The minimum absolute atomic E-state index is 0.630. The second-order valence-electron chi connectivity index (χ2n) is 0.678. The van der Waals surface area contributed by atoms with Gasteiger partial charge in [-0.3, -0.25) is 10.2 Å². The van der Waals surface area contributed by atoms with Gasteiger partial charge in [-0.15, -0.1) is 0 Å². The maximum Gasteiger partial charge on any atom is 0.278 e. The first-order chi connectivity index (χ1) is 2.64. The summed E-state index contributed by atoms with van der Waals surface area (Å²) in [7, 11) is 0. The Balaban J connectivity index is 3.57. The van der Waals surface area contributed by atoms with Crippen molar-refractivity contribution in [2.75, 3.05) is 0 Å². The minimum Gasteiger partial charge on any atom is -0.363 e. The van der Waals surface area contributed by atoms with Crippen molar-refractivity contribution in [2.24, 2.45) is 5.73 Å². The molecule has 4 heteroatoms. The van der Waals surface area contributed by atoms with Crippen molar-refractivity contribution in [3.8, 4) is 0 Å². The molecule has 0 aliphatic heterocycles. The van der Waals surface area contributed by atoms with Crippen LogP contribution in [-0.4, -0.2) is 11.1 Å². The molecule has 0 aromatic heterocycles. The van der Waals surface area contributed by atoms with Crippen LogP contribution in [0.5, 0.6) is 0 Å². The van der Waals surface area contributed by atoms with Crippen molar-refractivity contribution in [1.82, 2.24) is 0 Å². The molecule has 0 heterocycles. The van der Waals surface area contributed by atoms with Gasteiger partial charge in [-0.2, -0.15) is 0 Å². The number of halogens is 1. The van der Waals surface area contributed by atoms with Gasteiger partial charge in [0, 0.05) is 0 Å². The van der Waals surface area contributed by atoms with Gasteiger partial charge in [0.25, 0.3) is 5.91 Å². The molecule has 0 aliphatic carbocycles. The Hall–Kier alpha value is -0.570. The fourth-order valence-corrected chi connectivity index (χ4v) is 0. The largest absolute Gasteiger partial charge is 0.363 e. The van der Waals surface area contributed by atoms with E-state index in [9.17, 15) is 4.79 Å². The van der Waals surface area contributed by atoms with Gasteiger partial charge in [0.2, 0.25) is 0 Å². The topological polar surface area (TPSA) is 66.9 Å².